The summed E-state index contributed by atoms with van der Waals surface area (Å²) in [6.45, 7) is 0. The minimum absolute atomic E-state index is 0.0319. The molecule has 1 rings (SSSR count). The van der Waals surface area contributed by atoms with Crippen LogP contribution in [0.25, 0.3) is 0 Å². The van der Waals surface area contributed by atoms with Gasteiger partial charge in [0.25, 0.3) is 0 Å². The number of hydrogen-bond donors (Lipinski definition) is 1. The molecule has 0 unspecified atom stereocenters. The molecule has 0 saturated heterocycles. The predicted molar refractivity (Wildman–Crippen MR) is 51.2 cm³/mol. The van der Waals surface area contributed by atoms with Crippen LogP contribution < -0.4 is 0 Å². The zero-order valence-corrected chi connectivity index (χ0v) is 7.96. The highest BCUT2D eigenvalue weighted by Gasteiger charge is 2.12. The molecule has 1 saturated carbocycles. The monoisotopic (exact) mass is 183 g/mol. The van der Waals surface area contributed by atoms with E-state index in [1.54, 1.807) is 0 Å². The number of Topliss-reactive ketones (excluding diaryl/α,β-unsaturated/α-hetero) is 1. The topological polar surface area (TPSA) is 49.7 Å². The summed E-state index contributed by atoms with van der Waals surface area (Å²) in [6, 6.07) is 0. The van der Waals surface area contributed by atoms with E-state index in [0.717, 1.165) is 25.7 Å². The van der Waals surface area contributed by atoms with Crippen LogP contribution in [0, 0.1) is 0 Å². The van der Waals surface area contributed by atoms with Gasteiger partial charge >= 0.3 is 0 Å². The molecular formula is C10H17NO2. The average Bonchev–Trinajstić information content (AvgIpc) is 2.16. The molecule has 0 spiro atoms. The number of oxime groups is 1. The van der Waals surface area contributed by atoms with Gasteiger partial charge in [-0.15, -0.1) is 0 Å². The number of ketones is 1. The SMILES string of the molecule is O=C1CCCCCCCC/C1=N\O. The third-order valence-electron chi connectivity index (χ3n) is 2.51. The Hall–Kier alpha value is -0.860. The lowest BCUT2D eigenvalue weighted by atomic mass is 9.99. The maximum Gasteiger partial charge on any atom is 0.180 e. The van der Waals surface area contributed by atoms with E-state index in [1.165, 1.54) is 12.8 Å². The second-order valence-corrected chi connectivity index (χ2v) is 3.59. The van der Waals surface area contributed by atoms with Crippen molar-refractivity contribution in [3.05, 3.63) is 0 Å². The quantitative estimate of drug-likeness (QED) is 0.463. The Morgan fingerprint density at radius 1 is 0.923 bits per heavy atom. The van der Waals surface area contributed by atoms with Crippen LogP contribution in [0.15, 0.2) is 5.16 Å². The molecule has 0 bridgehead atoms. The van der Waals surface area contributed by atoms with Crippen LogP contribution in [-0.2, 0) is 4.79 Å². The standard InChI is InChI=1S/C10H17NO2/c12-10-8-6-4-2-1-3-5-7-9(10)11-13/h13H,1-8H2/b11-9+. The first-order valence-electron chi connectivity index (χ1n) is 5.08. The molecule has 0 atom stereocenters. The van der Waals surface area contributed by atoms with Crippen molar-refractivity contribution in [2.75, 3.05) is 0 Å². The van der Waals surface area contributed by atoms with Gasteiger partial charge in [-0.2, -0.15) is 0 Å². The van der Waals surface area contributed by atoms with Crippen LogP contribution in [0.1, 0.15) is 51.4 Å². The summed E-state index contributed by atoms with van der Waals surface area (Å²) in [4.78, 5) is 11.4. The largest absolute Gasteiger partial charge is 0.411 e. The van der Waals surface area contributed by atoms with E-state index in [-0.39, 0.29) is 5.78 Å². The summed E-state index contributed by atoms with van der Waals surface area (Å²) >= 11 is 0. The summed E-state index contributed by atoms with van der Waals surface area (Å²) in [6.07, 6.45) is 7.88. The first-order valence-corrected chi connectivity index (χ1v) is 5.08. The molecule has 1 aliphatic carbocycles. The third kappa shape index (κ3) is 3.57. The van der Waals surface area contributed by atoms with Gasteiger partial charge in [0.1, 0.15) is 5.71 Å². The summed E-state index contributed by atoms with van der Waals surface area (Å²) in [5.41, 5.74) is 0.377. The zero-order valence-electron chi connectivity index (χ0n) is 7.96. The predicted octanol–water partition coefficient (Wildman–Crippen LogP) is 2.52. The first kappa shape index (κ1) is 10.2. The smallest absolute Gasteiger partial charge is 0.180 e. The average molecular weight is 183 g/mol. The van der Waals surface area contributed by atoms with Gasteiger partial charge < -0.3 is 5.21 Å². The maximum absolute atomic E-state index is 11.4. The summed E-state index contributed by atoms with van der Waals surface area (Å²) < 4.78 is 0. The normalized spacial score (nSPS) is 24.6. The van der Waals surface area contributed by atoms with E-state index in [1.807, 2.05) is 0 Å². The van der Waals surface area contributed by atoms with Crippen LogP contribution in [0.5, 0.6) is 0 Å². The number of hydrogen-bond acceptors (Lipinski definition) is 3. The number of carbonyl (C=O) groups is 1. The Morgan fingerprint density at radius 3 is 2.08 bits per heavy atom. The molecule has 0 amide bonds. The van der Waals surface area contributed by atoms with Gasteiger partial charge in [-0.1, -0.05) is 30.8 Å². The fraction of sp³-hybridized carbons (Fsp3) is 0.800. The second-order valence-electron chi connectivity index (χ2n) is 3.59. The highest BCUT2D eigenvalue weighted by molar-refractivity contribution is 6.39. The lowest BCUT2D eigenvalue weighted by Crippen LogP contribution is -2.14. The summed E-state index contributed by atoms with van der Waals surface area (Å²) in [7, 11) is 0. The molecule has 74 valence electrons. The maximum atomic E-state index is 11.4. The zero-order chi connectivity index (χ0) is 9.52. The van der Waals surface area contributed by atoms with E-state index in [9.17, 15) is 4.79 Å². The molecule has 0 aromatic rings. The Bertz CT molecular complexity index is 199. The van der Waals surface area contributed by atoms with Gasteiger partial charge in [0.15, 0.2) is 5.78 Å². The molecule has 1 fully saturated rings. The van der Waals surface area contributed by atoms with Crippen molar-refractivity contribution < 1.29 is 10.0 Å². The van der Waals surface area contributed by atoms with Gasteiger partial charge in [-0.05, 0) is 19.3 Å². The molecule has 0 aliphatic heterocycles. The van der Waals surface area contributed by atoms with Crippen molar-refractivity contribution >= 4 is 11.5 Å². The van der Waals surface area contributed by atoms with Crippen LogP contribution >= 0.6 is 0 Å². The highest BCUT2D eigenvalue weighted by Crippen LogP contribution is 2.13. The van der Waals surface area contributed by atoms with Crippen molar-refractivity contribution in [3.8, 4) is 0 Å². The van der Waals surface area contributed by atoms with Crippen molar-refractivity contribution in [3.63, 3.8) is 0 Å². The molecule has 0 radical (unpaired) electrons. The number of carbonyl (C=O) groups excluding carboxylic acids is 1. The summed E-state index contributed by atoms with van der Waals surface area (Å²) in [5.74, 6) is 0.0319. The van der Waals surface area contributed by atoms with Crippen molar-refractivity contribution in [2.24, 2.45) is 5.16 Å². The van der Waals surface area contributed by atoms with Crippen LogP contribution in [0.3, 0.4) is 0 Å². The van der Waals surface area contributed by atoms with Gasteiger partial charge in [0.05, 0.1) is 0 Å². The highest BCUT2D eigenvalue weighted by atomic mass is 16.4. The van der Waals surface area contributed by atoms with Crippen molar-refractivity contribution in [2.45, 2.75) is 51.4 Å². The molecular weight excluding hydrogens is 166 g/mol. The van der Waals surface area contributed by atoms with Crippen LogP contribution in [-0.4, -0.2) is 16.7 Å². The number of nitrogens with zero attached hydrogens (tertiary/aromatic N) is 1. The molecule has 3 heteroatoms. The summed E-state index contributed by atoms with van der Waals surface area (Å²) in [5, 5.41) is 11.7. The van der Waals surface area contributed by atoms with Crippen LogP contribution in [0.2, 0.25) is 0 Å². The Balaban J connectivity index is 2.47. The van der Waals surface area contributed by atoms with Gasteiger partial charge in [-0.25, -0.2) is 0 Å². The lowest BCUT2D eigenvalue weighted by molar-refractivity contribution is -0.113. The molecule has 3 nitrogen and oxygen atoms in total. The molecule has 0 aromatic heterocycles. The van der Waals surface area contributed by atoms with Gasteiger partial charge in [0, 0.05) is 6.42 Å². The fourth-order valence-corrected chi connectivity index (χ4v) is 1.67. The van der Waals surface area contributed by atoms with E-state index in [0.29, 0.717) is 18.6 Å². The minimum Gasteiger partial charge on any atom is -0.411 e. The van der Waals surface area contributed by atoms with E-state index in [4.69, 9.17) is 5.21 Å². The first-order chi connectivity index (χ1) is 6.34. The fourth-order valence-electron chi connectivity index (χ4n) is 1.67. The molecule has 0 aromatic carbocycles. The van der Waals surface area contributed by atoms with Crippen LogP contribution in [0.4, 0.5) is 0 Å². The molecule has 0 heterocycles. The lowest BCUT2D eigenvalue weighted by Gasteiger charge is -2.07. The Morgan fingerprint density at radius 2 is 1.46 bits per heavy atom. The van der Waals surface area contributed by atoms with Crippen molar-refractivity contribution in [1.29, 1.82) is 0 Å². The Labute approximate surface area is 78.8 Å². The molecule has 1 aliphatic rings. The van der Waals surface area contributed by atoms with E-state index < -0.39 is 0 Å². The number of rotatable bonds is 0. The molecule has 13 heavy (non-hydrogen) atoms. The Kier molecular flexibility index (Phi) is 4.50. The second kappa shape index (κ2) is 5.73. The van der Waals surface area contributed by atoms with Gasteiger partial charge in [-0.3, -0.25) is 4.79 Å². The van der Waals surface area contributed by atoms with Crippen molar-refractivity contribution in [1.82, 2.24) is 0 Å². The van der Waals surface area contributed by atoms with E-state index >= 15 is 0 Å². The third-order valence-corrected chi connectivity index (χ3v) is 2.51. The van der Waals surface area contributed by atoms with E-state index in [2.05, 4.69) is 5.16 Å². The molecule has 1 N–H and O–H groups in total. The minimum atomic E-state index is 0.0319. The van der Waals surface area contributed by atoms with Gasteiger partial charge in [0.2, 0.25) is 0 Å².